The van der Waals surface area contributed by atoms with E-state index in [1.165, 1.54) is 12.8 Å². The largest absolute Gasteiger partial charge is 0.0551 e. The van der Waals surface area contributed by atoms with Gasteiger partial charge in [-0.15, -0.1) is 0 Å². The Labute approximate surface area is 48.9 Å². The van der Waals surface area contributed by atoms with Gasteiger partial charge in [-0.25, -0.2) is 0 Å². The number of hydrogen-bond acceptors (Lipinski definition) is 0. The maximum Gasteiger partial charge on any atom is -0.000267 e. The quantitative estimate of drug-likeness (QED) is 0.441. The van der Waals surface area contributed by atoms with Gasteiger partial charge in [0.1, 0.15) is 0 Å². The Hall–Kier alpha value is -0.520. The zero-order valence-electron chi connectivity index (χ0n) is 4.99. The fraction of sp³-hybridized carbons (Fsp3) is 0.500. The molecule has 0 heteroatoms. The van der Waals surface area contributed by atoms with E-state index in [0.717, 1.165) is 5.92 Å². The van der Waals surface area contributed by atoms with Gasteiger partial charge in [0.25, 0.3) is 0 Å². The number of hydrogen-bond donors (Lipinski definition) is 0. The number of rotatable bonds is 0. The molecule has 0 aromatic carbocycles. The van der Waals surface area contributed by atoms with Gasteiger partial charge in [-0.05, 0) is 29.9 Å². The molecule has 8 heavy (non-hydrogen) atoms. The summed E-state index contributed by atoms with van der Waals surface area (Å²) in [6.07, 6.45) is 2.75. The first kappa shape index (κ1) is 3.49. The summed E-state index contributed by atoms with van der Waals surface area (Å²) >= 11 is 0. The minimum Gasteiger partial charge on any atom is -0.0551 e. The lowest BCUT2D eigenvalue weighted by atomic mass is 10.1. The van der Waals surface area contributed by atoms with E-state index in [0.29, 0.717) is 0 Å². The first-order valence-corrected chi connectivity index (χ1v) is 3.32. The van der Waals surface area contributed by atoms with E-state index in [1.54, 1.807) is 22.3 Å². The van der Waals surface area contributed by atoms with Gasteiger partial charge in [0.05, 0.1) is 0 Å². The third-order valence-corrected chi connectivity index (χ3v) is 2.67. The minimum absolute atomic E-state index is 0.889. The average Bonchev–Trinajstić information content (AvgIpc) is 2.58. The van der Waals surface area contributed by atoms with Crippen molar-refractivity contribution in [2.24, 2.45) is 5.92 Å². The Morgan fingerprint density at radius 2 is 1.62 bits per heavy atom. The van der Waals surface area contributed by atoms with Crippen molar-refractivity contribution in [1.82, 2.24) is 0 Å². The van der Waals surface area contributed by atoms with Gasteiger partial charge in [0.2, 0.25) is 0 Å². The number of allylic oxidation sites excluding steroid dienone is 4. The molecular weight excluding hydrogens is 96.1 g/mol. The van der Waals surface area contributed by atoms with Crippen LogP contribution in [0.25, 0.3) is 0 Å². The number of fused-ring (bicyclic) bond motifs is 1. The summed E-state index contributed by atoms with van der Waals surface area (Å²) in [7, 11) is 0. The fourth-order valence-corrected chi connectivity index (χ4v) is 1.93. The zero-order chi connectivity index (χ0) is 5.30. The summed E-state index contributed by atoms with van der Waals surface area (Å²) < 4.78 is 0. The van der Waals surface area contributed by atoms with Crippen molar-refractivity contribution < 1.29 is 0 Å². The predicted molar refractivity (Wildman–Crippen MR) is 32.4 cm³/mol. The molecule has 0 aromatic heterocycles. The molecule has 0 heterocycles. The second-order valence-corrected chi connectivity index (χ2v) is 3.08. The maximum absolute atomic E-state index is 2.34. The Kier molecular flexibility index (Phi) is 0.313. The molecule has 40 valence electrons. The molecule has 0 bridgehead atoms. The summed E-state index contributed by atoms with van der Waals surface area (Å²) in [6, 6.07) is 0. The molecular formula is C8H8. The standard InChI is InChI=1S/C8H8/c1-4-5-2-7(5)8-3-6(4)8/h4H,2-3H2,1H3. The lowest BCUT2D eigenvalue weighted by molar-refractivity contribution is 0.853. The Morgan fingerprint density at radius 1 is 1.12 bits per heavy atom. The van der Waals surface area contributed by atoms with Crippen LogP contribution in [-0.2, 0) is 0 Å². The molecule has 0 saturated carbocycles. The van der Waals surface area contributed by atoms with Crippen molar-refractivity contribution in [3.05, 3.63) is 22.3 Å². The average molecular weight is 104 g/mol. The van der Waals surface area contributed by atoms with Gasteiger partial charge in [0.15, 0.2) is 0 Å². The van der Waals surface area contributed by atoms with Gasteiger partial charge in [-0.3, -0.25) is 0 Å². The second kappa shape index (κ2) is 0.717. The van der Waals surface area contributed by atoms with Gasteiger partial charge in [0, 0.05) is 0 Å². The molecule has 0 N–H and O–H groups in total. The fourth-order valence-electron chi connectivity index (χ4n) is 1.93. The van der Waals surface area contributed by atoms with Crippen molar-refractivity contribution in [3.63, 3.8) is 0 Å². The van der Waals surface area contributed by atoms with E-state index >= 15 is 0 Å². The van der Waals surface area contributed by atoms with E-state index < -0.39 is 0 Å². The predicted octanol–water partition coefficient (Wildman–Crippen LogP) is 2.04. The van der Waals surface area contributed by atoms with Crippen LogP contribution in [0.5, 0.6) is 0 Å². The van der Waals surface area contributed by atoms with Gasteiger partial charge >= 0.3 is 0 Å². The van der Waals surface area contributed by atoms with Crippen LogP contribution in [0.15, 0.2) is 22.3 Å². The highest BCUT2D eigenvalue weighted by Gasteiger charge is 2.46. The first-order valence-electron chi connectivity index (χ1n) is 3.32. The molecule has 0 radical (unpaired) electrons. The first-order chi connectivity index (χ1) is 3.88. The van der Waals surface area contributed by atoms with E-state index in [2.05, 4.69) is 6.92 Å². The smallest absolute Gasteiger partial charge is 0.000267 e. The Morgan fingerprint density at radius 3 is 1.88 bits per heavy atom. The normalized spacial score (nSPS) is 31.1. The molecule has 3 rings (SSSR count). The van der Waals surface area contributed by atoms with Crippen LogP contribution in [-0.4, -0.2) is 0 Å². The Bertz CT molecular complexity index is 215. The maximum atomic E-state index is 2.34. The highest BCUT2D eigenvalue weighted by Crippen LogP contribution is 2.63. The van der Waals surface area contributed by atoms with Gasteiger partial charge in [-0.2, -0.15) is 0 Å². The van der Waals surface area contributed by atoms with Gasteiger partial charge < -0.3 is 0 Å². The highest BCUT2D eigenvalue weighted by molar-refractivity contribution is 5.70. The van der Waals surface area contributed by atoms with Crippen LogP contribution < -0.4 is 0 Å². The van der Waals surface area contributed by atoms with Gasteiger partial charge in [-0.1, -0.05) is 18.1 Å². The molecule has 0 fully saturated rings. The van der Waals surface area contributed by atoms with Crippen LogP contribution in [0.2, 0.25) is 0 Å². The van der Waals surface area contributed by atoms with E-state index in [4.69, 9.17) is 0 Å². The SMILES string of the molecule is CC1C2=C(C2)C2=C1C2. The third kappa shape index (κ3) is 0.199. The molecule has 0 nitrogen and oxygen atoms in total. The molecule has 0 unspecified atom stereocenters. The molecule has 3 aliphatic rings. The van der Waals surface area contributed by atoms with Crippen LogP contribution >= 0.6 is 0 Å². The van der Waals surface area contributed by atoms with E-state index in [1.807, 2.05) is 0 Å². The molecule has 0 spiro atoms. The summed E-state index contributed by atoms with van der Waals surface area (Å²) in [5.41, 5.74) is 7.02. The van der Waals surface area contributed by atoms with Crippen LogP contribution in [0, 0.1) is 5.92 Å². The Balaban J connectivity index is 2.24. The molecule has 0 aromatic rings. The monoisotopic (exact) mass is 104 g/mol. The molecule has 3 aliphatic carbocycles. The third-order valence-electron chi connectivity index (χ3n) is 2.67. The van der Waals surface area contributed by atoms with Crippen molar-refractivity contribution in [2.45, 2.75) is 19.8 Å². The molecule has 0 amide bonds. The van der Waals surface area contributed by atoms with E-state index in [9.17, 15) is 0 Å². The summed E-state index contributed by atoms with van der Waals surface area (Å²) in [5, 5.41) is 0. The summed E-state index contributed by atoms with van der Waals surface area (Å²) in [6.45, 7) is 2.34. The van der Waals surface area contributed by atoms with Crippen molar-refractivity contribution in [2.75, 3.05) is 0 Å². The molecule has 0 atom stereocenters. The summed E-state index contributed by atoms with van der Waals surface area (Å²) in [5.74, 6) is 0.889. The van der Waals surface area contributed by atoms with Crippen molar-refractivity contribution in [3.8, 4) is 0 Å². The molecule has 0 saturated heterocycles. The van der Waals surface area contributed by atoms with E-state index in [-0.39, 0.29) is 0 Å². The summed E-state index contributed by atoms with van der Waals surface area (Å²) in [4.78, 5) is 0. The topological polar surface area (TPSA) is 0 Å². The van der Waals surface area contributed by atoms with Crippen molar-refractivity contribution in [1.29, 1.82) is 0 Å². The lowest BCUT2D eigenvalue weighted by Gasteiger charge is -1.97. The zero-order valence-corrected chi connectivity index (χ0v) is 4.99. The second-order valence-electron chi connectivity index (χ2n) is 3.08. The highest BCUT2D eigenvalue weighted by atomic mass is 14.5. The molecule has 0 aliphatic heterocycles. The van der Waals surface area contributed by atoms with Crippen LogP contribution in [0.4, 0.5) is 0 Å². The van der Waals surface area contributed by atoms with Crippen LogP contribution in [0.1, 0.15) is 19.8 Å². The van der Waals surface area contributed by atoms with Crippen molar-refractivity contribution >= 4 is 0 Å². The minimum atomic E-state index is 0.889. The lowest BCUT2D eigenvalue weighted by Crippen LogP contribution is -1.85. The van der Waals surface area contributed by atoms with Crippen LogP contribution in [0.3, 0.4) is 0 Å².